The first-order chi connectivity index (χ1) is 36.0. The molecule has 0 atom stereocenters. The van der Waals surface area contributed by atoms with Gasteiger partial charge in [0, 0.05) is 106 Å². The van der Waals surface area contributed by atoms with Crippen LogP contribution >= 0.6 is 21.4 Å². The lowest BCUT2D eigenvalue weighted by molar-refractivity contribution is 0.384. The Bertz CT molecular complexity index is 3680. The van der Waals surface area contributed by atoms with E-state index >= 15 is 4.39 Å². The summed E-state index contributed by atoms with van der Waals surface area (Å²) in [7, 11) is 3.57. The molecule has 0 spiro atoms. The Morgan fingerprint density at radius 3 is 1.58 bits per heavy atom. The quantitative estimate of drug-likeness (QED) is 0.103. The van der Waals surface area contributed by atoms with Crippen LogP contribution in [0, 0.1) is 34.9 Å². The SMILES string of the molecule is COc1cc(-c2cc(F)cc(F)c2)c(F)cc1-n1c2c(ccc1=O)CCCC2.COc1cc(-c2cc(F)cc(F)c2)c(F)cc1-n1c2c(ccc1=O)CN(S(=O)(=O)Nc1ccon1)CC2.NC1=NCC=C1.O=S(=O)(Cl)Cl. The zero-order valence-corrected chi connectivity index (χ0v) is 43.0. The molecule has 1 aliphatic carbocycles. The number of nitrogens with zero attached hydrogens (tertiary/aromatic N) is 5. The van der Waals surface area contributed by atoms with Crippen LogP contribution in [0.5, 0.6) is 11.5 Å². The summed E-state index contributed by atoms with van der Waals surface area (Å²) in [6.45, 7) is 0.731. The summed E-state index contributed by atoms with van der Waals surface area (Å²) in [6.07, 6.45) is 8.66. The number of aromatic nitrogens is 3. The number of aryl methyl sites for hydroxylation is 1. The van der Waals surface area contributed by atoms with Crippen LogP contribution in [0.25, 0.3) is 33.6 Å². The molecule has 7 aromatic rings. The molecule has 3 aromatic heterocycles. The number of amidine groups is 1. The van der Waals surface area contributed by atoms with Gasteiger partial charge in [0.1, 0.15) is 58.5 Å². The number of halogens is 8. The van der Waals surface area contributed by atoms with Crippen LogP contribution in [0.4, 0.5) is 32.2 Å². The third-order valence-electron chi connectivity index (χ3n) is 11.7. The molecule has 0 fully saturated rings. The van der Waals surface area contributed by atoms with Crippen LogP contribution < -0.4 is 31.0 Å². The van der Waals surface area contributed by atoms with Crippen LogP contribution in [0.3, 0.4) is 0 Å². The Labute approximate surface area is 439 Å². The molecule has 0 unspecified atom stereocenters. The van der Waals surface area contributed by atoms with E-state index in [4.69, 9.17) is 23.6 Å². The molecule has 0 amide bonds. The van der Waals surface area contributed by atoms with Crippen molar-refractivity contribution < 1.29 is 57.2 Å². The van der Waals surface area contributed by atoms with Crippen molar-refractivity contribution in [3.63, 3.8) is 0 Å². The molecule has 4 aromatic carbocycles. The second-order valence-electron chi connectivity index (χ2n) is 16.6. The highest BCUT2D eigenvalue weighted by Gasteiger charge is 2.30. The fourth-order valence-electron chi connectivity index (χ4n) is 8.47. The van der Waals surface area contributed by atoms with Gasteiger partial charge in [0.05, 0.1) is 32.1 Å². The van der Waals surface area contributed by atoms with E-state index in [1.165, 1.54) is 76.4 Å². The molecule has 400 valence electrons. The van der Waals surface area contributed by atoms with Crippen LogP contribution in [0.1, 0.15) is 35.4 Å². The van der Waals surface area contributed by atoms with Gasteiger partial charge in [-0.05, 0) is 90.4 Å². The summed E-state index contributed by atoms with van der Waals surface area (Å²) in [5, 5.41) is 3.54. The molecule has 0 saturated heterocycles. The van der Waals surface area contributed by atoms with Gasteiger partial charge in [0.15, 0.2) is 5.82 Å². The van der Waals surface area contributed by atoms with Crippen molar-refractivity contribution in [3.05, 3.63) is 188 Å². The molecule has 76 heavy (non-hydrogen) atoms. The number of methoxy groups -OCH3 is 2. The number of ether oxygens (including phenoxy) is 2. The number of aliphatic imine (C=N–C) groups is 1. The Hall–Kier alpha value is -7.38. The smallest absolute Gasteiger partial charge is 0.317 e. The van der Waals surface area contributed by atoms with Crippen LogP contribution in [-0.2, 0) is 44.3 Å². The first-order valence-electron chi connectivity index (χ1n) is 22.5. The highest BCUT2D eigenvalue weighted by Crippen LogP contribution is 2.36. The minimum Gasteiger partial charge on any atom is -0.495 e. The average molecular weight is 1130 g/mol. The molecule has 2 aliphatic heterocycles. The van der Waals surface area contributed by atoms with Crippen molar-refractivity contribution in [3.8, 4) is 45.1 Å². The maximum Gasteiger partial charge on any atom is 0.317 e. The maximum atomic E-state index is 15.2. The largest absolute Gasteiger partial charge is 0.495 e. The molecule has 3 N–H and O–H groups in total. The molecule has 16 nitrogen and oxygen atoms in total. The number of nitrogens with one attached hydrogen (secondary N) is 1. The summed E-state index contributed by atoms with van der Waals surface area (Å²) in [5.41, 5.74) is 7.59. The molecule has 0 radical (unpaired) electrons. The number of hydrogen-bond donors (Lipinski definition) is 2. The molecule has 0 bridgehead atoms. The Balaban J connectivity index is 0.000000189. The molecule has 5 heterocycles. The van der Waals surface area contributed by atoms with Gasteiger partial charge in [-0.1, -0.05) is 23.4 Å². The lowest BCUT2D eigenvalue weighted by Crippen LogP contribution is -2.41. The maximum absolute atomic E-state index is 15.2. The van der Waals surface area contributed by atoms with Gasteiger partial charge in [-0.3, -0.25) is 28.4 Å². The van der Waals surface area contributed by atoms with Gasteiger partial charge in [0.2, 0.25) is 0 Å². The third kappa shape index (κ3) is 13.9. The van der Waals surface area contributed by atoms with Gasteiger partial charge in [-0.25, -0.2) is 26.3 Å². The zero-order chi connectivity index (χ0) is 55.1. The number of rotatable bonds is 9. The third-order valence-corrected chi connectivity index (χ3v) is 13.1. The second-order valence-corrected chi connectivity index (χ2v) is 21.9. The van der Waals surface area contributed by atoms with Crippen LogP contribution in [-0.4, -0.2) is 68.6 Å². The van der Waals surface area contributed by atoms with Crippen LogP contribution in [0.2, 0.25) is 0 Å². The number of pyridine rings is 2. The van der Waals surface area contributed by atoms with Crippen molar-refractivity contribution in [2.24, 2.45) is 10.7 Å². The van der Waals surface area contributed by atoms with E-state index in [-0.39, 0.29) is 76.0 Å². The van der Waals surface area contributed by atoms with E-state index in [9.17, 15) is 40.0 Å². The summed E-state index contributed by atoms with van der Waals surface area (Å²) in [6, 6.07) is 17.7. The number of anilines is 1. The lowest BCUT2D eigenvalue weighted by Gasteiger charge is -2.30. The number of benzene rings is 4. The molecule has 0 saturated carbocycles. The highest BCUT2D eigenvalue weighted by atomic mass is 36.0. The van der Waals surface area contributed by atoms with Gasteiger partial charge < -0.3 is 19.7 Å². The Morgan fingerprint density at radius 1 is 0.658 bits per heavy atom. The predicted octanol–water partition coefficient (Wildman–Crippen LogP) is 9.06. The normalized spacial score (nSPS) is 13.8. The van der Waals surface area contributed by atoms with Crippen molar-refractivity contribution in [1.29, 1.82) is 0 Å². The van der Waals surface area contributed by atoms with Gasteiger partial charge in [-0.2, -0.15) is 21.1 Å². The molecular formula is C50H43Cl2F6N7O9S2. The molecular weight excluding hydrogens is 1090 g/mol. The zero-order valence-electron chi connectivity index (χ0n) is 39.9. The van der Waals surface area contributed by atoms with E-state index < -0.39 is 58.9 Å². The summed E-state index contributed by atoms with van der Waals surface area (Å²) in [4.78, 5) is 29.3. The fraction of sp³-hybridized carbons (Fsp3) is 0.200. The van der Waals surface area contributed by atoms with E-state index in [0.29, 0.717) is 29.6 Å². The minimum absolute atomic E-state index is 0.00292. The van der Waals surface area contributed by atoms with Gasteiger partial charge >= 0.3 is 18.5 Å². The van der Waals surface area contributed by atoms with Crippen molar-refractivity contribution in [1.82, 2.24) is 18.6 Å². The van der Waals surface area contributed by atoms with E-state index in [0.717, 1.165) is 73.5 Å². The van der Waals surface area contributed by atoms with Crippen molar-refractivity contribution >= 4 is 51.5 Å². The van der Waals surface area contributed by atoms with E-state index in [1.807, 2.05) is 12.1 Å². The Morgan fingerprint density at radius 2 is 1.14 bits per heavy atom. The number of hydrogen-bond acceptors (Lipinski definition) is 12. The standard InChI is InChI=1S/C24H19F3N4O5S.C22H18F3NO2.C4H6N2.Cl2O2S/c1-35-22-11-18(15-8-16(25)10-17(26)9-15)19(27)12-21(22)31-20-4-6-30(13-14(20)2-3-24(31)32)37(33,34)29-23-5-7-36-28-23;1-28-21-11-17(14-8-15(23)10-16(24)9-14)18(25)12-20(21)26-19-5-3-2-4-13(19)6-7-22(26)27;5-4-2-1-3-6-4;1-5(2,3)4/h2-3,5,7-12H,4,6,13H2,1H3,(H,28,29);6-12H,2-5H2,1H3;1-2H,3H2,(H2,5,6);. The lowest BCUT2D eigenvalue weighted by atomic mass is 9.95. The van der Waals surface area contributed by atoms with Gasteiger partial charge in [0.25, 0.3) is 11.1 Å². The second kappa shape index (κ2) is 24.1. The summed E-state index contributed by atoms with van der Waals surface area (Å²) >= 11 is 0. The highest BCUT2D eigenvalue weighted by molar-refractivity contribution is 8.31. The van der Waals surface area contributed by atoms with E-state index in [2.05, 4.69) is 40.8 Å². The summed E-state index contributed by atoms with van der Waals surface area (Å²) < 4.78 is 150. The first-order valence-corrected chi connectivity index (χ1v) is 27.1. The molecule has 10 rings (SSSR count). The fourth-order valence-corrected chi connectivity index (χ4v) is 9.60. The predicted molar refractivity (Wildman–Crippen MR) is 274 cm³/mol. The Kier molecular flexibility index (Phi) is 17.9. The molecule has 3 aliphatic rings. The van der Waals surface area contributed by atoms with Crippen molar-refractivity contribution in [2.45, 2.75) is 38.6 Å². The van der Waals surface area contributed by atoms with Gasteiger partial charge in [-0.15, -0.1) is 0 Å². The molecule has 26 heteroatoms. The topological polar surface area (TPSA) is 210 Å². The monoisotopic (exact) mass is 1130 g/mol. The van der Waals surface area contributed by atoms with Crippen LogP contribution in [0.15, 0.2) is 129 Å². The van der Waals surface area contributed by atoms with E-state index in [1.54, 1.807) is 6.08 Å². The number of fused-ring (bicyclic) bond motifs is 2. The van der Waals surface area contributed by atoms with Crippen molar-refractivity contribution in [2.75, 3.05) is 32.0 Å². The summed E-state index contributed by atoms with van der Waals surface area (Å²) in [5.74, 6) is -3.86. The minimum atomic E-state index is -3.97. The number of nitrogens with two attached hydrogens (primary N) is 1. The first kappa shape index (κ1) is 56.3. The average Bonchev–Trinajstić information content (AvgIpc) is 4.10.